The van der Waals surface area contributed by atoms with Crippen molar-refractivity contribution in [2.75, 3.05) is 6.61 Å². The van der Waals surface area contributed by atoms with Crippen molar-refractivity contribution in [1.29, 1.82) is 0 Å². The number of hydrogen-bond donors (Lipinski definition) is 0. The van der Waals surface area contributed by atoms with Gasteiger partial charge in [0.25, 0.3) is 0 Å². The lowest BCUT2D eigenvalue weighted by Gasteiger charge is -2.53. The maximum absolute atomic E-state index is 5.80. The van der Waals surface area contributed by atoms with E-state index in [2.05, 4.69) is 46.6 Å². The fourth-order valence-electron chi connectivity index (χ4n) is 3.24. The molecule has 84 valence electrons. The molecule has 0 aliphatic carbocycles. The van der Waals surface area contributed by atoms with Gasteiger partial charge in [0.05, 0.1) is 6.61 Å². The van der Waals surface area contributed by atoms with Crippen LogP contribution in [0.25, 0.3) is 0 Å². The zero-order valence-electron chi connectivity index (χ0n) is 10.6. The van der Waals surface area contributed by atoms with Crippen LogP contribution in [0.3, 0.4) is 0 Å². The summed E-state index contributed by atoms with van der Waals surface area (Å²) < 4.78 is 0. The minimum absolute atomic E-state index is 0.164. The van der Waals surface area contributed by atoms with Crippen LogP contribution in [0.1, 0.15) is 54.4 Å². The van der Waals surface area contributed by atoms with Gasteiger partial charge in [0, 0.05) is 11.1 Å². The summed E-state index contributed by atoms with van der Waals surface area (Å²) in [5, 5.41) is 2.21. The van der Waals surface area contributed by atoms with Crippen molar-refractivity contribution in [3.05, 3.63) is 0 Å². The molecule has 0 aromatic rings. The zero-order chi connectivity index (χ0) is 11.0. The molecule has 2 nitrogen and oxygen atoms in total. The Balaban J connectivity index is 2.85. The lowest BCUT2D eigenvalue weighted by atomic mass is 9.76. The predicted molar refractivity (Wildman–Crippen MR) is 60.0 cm³/mol. The molecule has 0 saturated carbocycles. The van der Waals surface area contributed by atoms with Gasteiger partial charge in [0.15, 0.2) is 0 Å². The summed E-state index contributed by atoms with van der Waals surface area (Å²) in [6.07, 6.45) is 2.44. The highest BCUT2D eigenvalue weighted by atomic mass is 16.7. The summed E-state index contributed by atoms with van der Waals surface area (Å²) in [4.78, 5) is 5.80. The van der Waals surface area contributed by atoms with Crippen molar-refractivity contribution in [3.8, 4) is 0 Å². The maximum atomic E-state index is 5.80. The first-order valence-corrected chi connectivity index (χ1v) is 5.73. The fraction of sp³-hybridized carbons (Fsp3) is 1.00. The smallest absolute Gasteiger partial charge is 0.0657 e. The first-order valence-electron chi connectivity index (χ1n) is 5.73. The van der Waals surface area contributed by atoms with Gasteiger partial charge in [0.2, 0.25) is 0 Å². The molecule has 0 amide bonds. The van der Waals surface area contributed by atoms with Crippen LogP contribution in [0.15, 0.2) is 0 Å². The van der Waals surface area contributed by atoms with Crippen LogP contribution in [-0.2, 0) is 4.84 Å². The molecule has 0 spiro atoms. The first kappa shape index (κ1) is 12.0. The molecule has 0 unspecified atom stereocenters. The molecule has 0 atom stereocenters. The third-order valence-electron chi connectivity index (χ3n) is 3.05. The van der Waals surface area contributed by atoms with Crippen molar-refractivity contribution in [1.82, 2.24) is 5.06 Å². The normalized spacial score (nSPS) is 27.9. The summed E-state index contributed by atoms with van der Waals surface area (Å²) in [5.41, 5.74) is 0.328. The highest BCUT2D eigenvalue weighted by Crippen LogP contribution is 2.41. The lowest BCUT2D eigenvalue weighted by Crippen LogP contribution is -2.59. The van der Waals surface area contributed by atoms with Crippen LogP contribution in [-0.4, -0.2) is 22.7 Å². The highest BCUT2D eigenvalue weighted by molar-refractivity contribution is 4.95. The quantitative estimate of drug-likeness (QED) is 0.677. The van der Waals surface area contributed by atoms with Crippen LogP contribution < -0.4 is 0 Å². The van der Waals surface area contributed by atoms with Crippen LogP contribution >= 0.6 is 0 Å². The minimum Gasteiger partial charge on any atom is -0.298 e. The van der Waals surface area contributed by atoms with Gasteiger partial charge in [-0.1, -0.05) is 6.92 Å². The standard InChI is InChI=1S/C12H25NO/c1-7-14-13-11(3,4)8-10(2)9-12(13,5)6/h10H,7-9H2,1-6H3. The molecule has 1 fully saturated rings. The van der Waals surface area contributed by atoms with Gasteiger partial charge in [0.1, 0.15) is 0 Å². The molecule has 1 aliphatic heterocycles. The Morgan fingerprint density at radius 2 is 1.57 bits per heavy atom. The molecular formula is C12H25NO. The molecule has 0 N–H and O–H groups in total. The van der Waals surface area contributed by atoms with Gasteiger partial charge in [-0.15, -0.1) is 0 Å². The maximum Gasteiger partial charge on any atom is 0.0657 e. The van der Waals surface area contributed by atoms with E-state index in [0.29, 0.717) is 0 Å². The Morgan fingerprint density at radius 3 is 1.93 bits per heavy atom. The van der Waals surface area contributed by atoms with Crippen molar-refractivity contribution in [2.45, 2.75) is 65.5 Å². The Morgan fingerprint density at radius 1 is 1.14 bits per heavy atom. The second-order valence-electron chi connectivity index (χ2n) is 5.85. The third-order valence-corrected chi connectivity index (χ3v) is 3.05. The SMILES string of the molecule is CCON1C(C)(C)CC(C)CC1(C)C. The van der Waals surface area contributed by atoms with Gasteiger partial charge >= 0.3 is 0 Å². The van der Waals surface area contributed by atoms with E-state index >= 15 is 0 Å². The van der Waals surface area contributed by atoms with Gasteiger partial charge in [-0.3, -0.25) is 4.84 Å². The average Bonchev–Trinajstić information content (AvgIpc) is 1.94. The fourth-order valence-corrected chi connectivity index (χ4v) is 3.24. The third kappa shape index (κ3) is 2.29. The molecule has 2 heteroatoms. The number of nitrogens with zero attached hydrogens (tertiary/aromatic N) is 1. The van der Waals surface area contributed by atoms with Gasteiger partial charge < -0.3 is 0 Å². The molecule has 1 aliphatic rings. The molecule has 1 saturated heterocycles. The van der Waals surface area contributed by atoms with E-state index in [1.54, 1.807) is 0 Å². The minimum atomic E-state index is 0.164. The molecule has 1 rings (SSSR count). The molecule has 0 bridgehead atoms. The highest BCUT2D eigenvalue weighted by Gasteiger charge is 2.44. The van der Waals surface area contributed by atoms with Crippen molar-refractivity contribution in [2.24, 2.45) is 5.92 Å². The van der Waals surface area contributed by atoms with E-state index in [4.69, 9.17) is 4.84 Å². The van der Waals surface area contributed by atoms with E-state index < -0.39 is 0 Å². The van der Waals surface area contributed by atoms with E-state index in [1.807, 2.05) is 0 Å². The van der Waals surface area contributed by atoms with E-state index in [-0.39, 0.29) is 11.1 Å². The van der Waals surface area contributed by atoms with Gasteiger partial charge in [-0.05, 0) is 53.4 Å². The van der Waals surface area contributed by atoms with Crippen molar-refractivity contribution >= 4 is 0 Å². The predicted octanol–water partition coefficient (Wildman–Crippen LogP) is 3.23. The van der Waals surface area contributed by atoms with E-state index in [9.17, 15) is 0 Å². The molecule has 0 aromatic carbocycles. The van der Waals surface area contributed by atoms with Gasteiger partial charge in [-0.2, -0.15) is 5.06 Å². The van der Waals surface area contributed by atoms with Crippen LogP contribution in [0.2, 0.25) is 0 Å². The molecular weight excluding hydrogens is 174 g/mol. The Labute approximate surface area is 88.6 Å². The summed E-state index contributed by atoms with van der Waals surface area (Å²) in [6, 6.07) is 0. The van der Waals surface area contributed by atoms with E-state index in [0.717, 1.165) is 12.5 Å². The summed E-state index contributed by atoms with van der Waals surface area (Å²) >= 11 is 0. The zero-order valence-corrected chi connectivity index (χ0v) is 10.6. The second kappa shape index (κ2) is 3.82. The molecule has 0 aromatic heterocycles. The number of piperidine rings is 1. The second-order valence-corrected chi connectivity index (χ2v) is 5.85. The number of rotatable bonds is 2. The molecule has 14 heavy (non-hydrogen) atoms. The summed E-state index contributed by atoms with van der Waals surface area (Å²) in [7, 11) is 0. The van der Waals surface area contributed by atoms with Crippen molar-refractivity contribution < 1.29 is 4.84 Å². The molecule has 1 heterocycles. The Bertz CT molecular complexity index is 180. The largest absolute Gasteiger partial charge is 0.298 e. The lowest BCUT2D eigenvalue weighted by molar-refractivity contribution is -0.284. The van der Waals surface area contributed by atoms with Crippen LogP contribution in [0.4, 0.5) is 0 Å². The number of hydroxylamine groups is 2. The van der Waals surface area contributed by atoms with Crippen LogP contribution in [0, 0.1) is 5.92 Å². The summed E-state index contributed by atoms with van der Waals surface area (Å²) in [5.74, 6) is 0.789. The van der Waals surface area contributed by atoms with E-state index in [1.165, 1.54) is 12.8 Å². The Kier molecular flexibility index (Phi) is 3.27. The number of hydrogen-bond acceptors (Lipinski definition) is 2. The van der Waals surface area contributed by atoms with Crippen LogP contribution in [0.5, 0.6) is 0 Å². The first-order chi connectivity index (χ1) is 6.29. The van der Waals surface area contributed by atoms with Crippen molar-refractivity contribution in [3.63, 3.8) is 0 Å². The topological polar surface area (TPSA) is 12.5 Å². The van der Waals surface area contributed by atoms with Gasteiger partial charge in [-0.25, -0.2) is 0 Å². The Hall–Kier alpha value is -0.0800. The monoisotopic (exact) mass is 199 g/mol. The summed E-state index contributed by atoms with van der Waals surface area (Å²) in [6.45, 7) is 14.3. The average molecular weight is 199 g/mol. The molecule has 0 radical (unpaired) electrons.